The van der Waals surface area contributed by atoms with Crippen LogP contribution in [0.3, 0.4) is 0 Å². The van der Waals surface area contributed by atoms with E-state index in [-0.39, 0.29) is 24.0 Å². The number of hydrogen-bond donors (Lipinski definition) is 2. The number of rotatable bonds is 11. The van der Waals surface area contributed by atoms with Gasteiger partial charge in [-0.05, 0) is 26.7 Å². The first kappa shape index (κ1) is 22.1. The molecule has 1 aromatic heterocycles. The van der Waals surface area contributed by atoms with E-state index in [2.05, 4.69) is 44.2 Å². The van der Waals surface area contributed by atoms with Gasteiger partial charge >= 0.3 is 0 Å². The van der Waals surface area contributed by atoms with Crippen LogP contribution in [0.4, 0.5) is 0 Å². The average Bonchev–Trinajstić information content (AvgIpc) is 2.98. The van der Waals surface area contributed by atoms with Gasteiger partial charge in [-0.3, -0.25) is 4.99 Å². The highest BCUT2D eigenvalue weighted by molar-refractivity contribution is 14.0. The van der Waals surface area contributed by atoms with E-state index in [0.29, 0.717) is 0 Å². The molecule has 0 saturated heterocycles. The van der Waals surface area contributed by atoms with Crippen LogP contribution in [-0.4, -0.2) is 53.6 Å². The van der Waals surface area contributed by atoms with Crippen molar-refractivity contribution in [1.82, 2.24) is 25.4 Å². The van der Waals surface area contributed by atoms with Gasteiger partial charge in [0.25, 0.3) is 0 Å². The SMILES string of the molecule is CCNC(=NCCCCOCC)NCCn1cnnc1CC.I. The molecule has 0 atom stereocenters. The van der Waals surface area contributed by atoms with Gasteiger partial charge in [-0.2, -0.15) is 0 Å². The topological polar surface area (TPSA) is 76.4 Å². The van der Waals surface area contributed by atoms with Gasteiger partial charge in [0.15, 0.2) is 5.96 Å². The van der Waals surface area contributed by atoms with E-state index >= 15 is 0 Å². The van der Waals surface area contributed by atoms with Crippen molar-refractivity contribution in [2.75, 3.05) is 32.8 Å². The van der Waals surface area contributed by atoms with Gasteiger partial charge in [-0.1, -0.05) is 6.92 Å². The van der Waals surface area contributed by atoms with Gasteiger partial charge in [0.05, 0.1) is 0 Å². The first-order chi connectivity index (χ1) is 10.8. The van der Waals surface area contributed by atoms with Gasteiger partial charge < -0.3 is 19.9 Å². The predicted molar refractivity (Wildman–Crippen MR) is 105 cm³/mol. The average molecular weight is 438 g/mol. The number of hydrogen-bond acceptors (Lipinski definition) is 4. The number of nitrogens with zero attached hydrogens (tertiary/aromatic N) is 4. The second-order valence-electron chi connectivity index (χ2n) is 4.89. The zero-order chi connectivity index (χ0) is 16.0. The zero-order valence-electron chi connectivity index (χ0n) is 14.5. The number of aliphatic imine (C=N–C) groups is 1. The smallest absolute Gasteiger partial charge is 0.191 e. The van der Waals surface area contributed by atoms with Crippen LogP contribution in [0.5, 0.6) is 0 Å². The largest absolute Gasteiger partial charge is 0.382 e. The molecule has 8 heteroatoms. The summed E-state index contributed by atoms with van der Waals surface area (Å²) in [5, 5.41) is 14.6. The molecule has 0 aromatic carbocycles. The Labute approximate surface area is 156 Å². The Balaban J connectivity index is 0.00000484. The number of aromatic nitrogens is 3. The fraction of sp³-hybridized carbons (Fsp3) is 0.800. The lowest BCUT2D eigenvalue weighted by Crippen LogP contribution is -2.39. The maximum atomic E-state index is 5.32. The highest BCUT2D eigenvalue weighted by atomic mass is 127. The summed E-state index contributed by atoms with van der Waals surface area (Å²) in [7, 11) is 0. The summed E-state index contributed by atoms with van der Waals surface area (Å²) in [6.07, 6.45) is 4.77. The van der Waals surface area contributed by atoms with Crippen LogP contribution in [0.15, 0.2) is 11.3 Å². The van der Waals surface area contributed by atoms with E-state index in [0.717, 1.165) is 70.4 Å². The summed E-state index contributed by atoms with van der Waals surface area (Å²) in [5.74, 6) is 1.88. The normalized spacial score (nSPS) is 11.2. The molecule has 0 aliphatic rings. The van der Waals surface area contributed by atoms with E-state index in [1.54, 1.807) is 6.33 Å². The minimum Gasteiger partial charge on any atom is -0.382 e. The quantitative estimate of drug-likeness (QED) is 0.239. The summed E-state index contributed by atoms with van der Waals surface area (Å²) in [4.78, 5) is 4.57. The Morgan fingerprint density at radius 1 is 1.26 bits per heavy atom. The molecule has 134 valence electrons. The number of aryl methyl sites for hydroxylation is 1. The summed E-state index contributed by atoms with van der Waals surface area (Å²) in [6, 6.07) is 0. The van der Waals surface area contributed by atoms with Crippen LogP contribution >= 0.6 is 24.0 Å². The van der Waals surface area contributed by atoms with Crippen molar-refractivity contribution in [1.29, 1.82) is 0 Å². The standard InChI is InChI=1S/C15H30N6O.HI/c1-4-14-20-19-13-21(14)11-10-18-15(16-5-2)17-9-7-8-12-22-6-3;/h13H,4-12H2,1-3H3,(H2,16,17,18);1H. The maximum Gasteiger partial charge on any atom is 0.191 e. The molecule has 23 heavy (non-hydrogen) atoms. The number of ether oxygens (including phenoxy) is 1. The van der Waals surface area contributed by atoms with Crippen LogP contribution in [0.2, 0.25) is 0 Å². The van der Waals surface area contributed by atoms with Crippen LogP contribution in [-0.2, 0) is 17.7 Å². The molecule has 0 spiro atoms. The van der Waals surface area contributed by atoms with Crippen molar-refractivity contribution in [3.8, 4) is 0 Å². The van der Waals surface area contributed by atoms with E-state index in [9.17, 15) is 0 Å². The third-order valence-corrected chi connectivity index (χ3v) is 3.17. The number of unbranched alkanes of at least 4 members (excludes halogenated alkanes) is 1. The molecule has 0 unspecified atom stereocenters. The lowest BCUT2D eigenvalue weighted by atomic mass is 10.3. The van der Waals surface area contributed by atoms with Gasteiger partial charge in [-0.15, -0.1) is 34.2 Å². The number of guanidine groups is 1. The first-order valence-corrected chi connectivity index (χ1v) is 8.28. The Kier molecular flexibility index (Phi) is 14.1. The van der Waals surface area contributed by atoms with Crippen LogP contribution in [0.25, 0.3) is 0 Å². The Hall–Kier alpha value is -0.900. The van der Waals surface area contributed by atoms with E-state index in [4.69, 9.17) is 4.74 Å². The second kappa shape index (κ2) is 14.7. The van der Waals surface area contributed by atoms with Gasteiger partial charge in [0.1, 0.15) is 12.2 Å². The lowest BCUT2D eigenvalue weighted by molar-refractivity contribution is 0.144. The molecule has 0 radical (unpaired) electrons. The van der Waals surface area contributed by atoms with Crippen molar-refractivity contribution in [2.45, 2.75) is 46.6 Å². The third kappa shape index (κ3) is 9.75. The van der Waals surface area contributed by atoms with E-state index < -0.39 is 0 Å². The fourth-order valence-corrected chi connectivity index (χ4v) is 2.03. The highest BCUT2D eigenvalue weighted by Crippen LogP contribution is 1.95. The lowest BCUT2D eigenvalue weighted by Gasteiger charge is -2.12. The molecule has 0 saturated carbocycles. The van der Waals surface area contributed by atoms with Crippen LogP contribution in [0, 0.1) is 0 Å². The van der Waals surface area contributed by atoms with Crippen molar-refractivity contribution < 1.29 is 4.74 Å². The Morgan fingerprint density at radius 3 is 2.78 bits per heavy atom. The van der Waals surface area contributed by atoms with Crippen LogP contribution < -0.4 is 10.6 Å². The Bertz CT molecular complexity index is 424. The molecule has 0 aliphatic heterocycles. The Morgan fingerprint density at radius 2 is 2.09 bits per heavy atom. The molecule has 1 heterocycles. The minimum atomic E-state index is 0. The summed E-state index contributed by atoms with van der Waals surface area (Å²) in [6.45, 7) is 11.1. The molecule has 2 N–H and O–H groups in total. The van der Waals surface area contributed by atoms with Crippen molar-refractivity contribution in [3.63, 3.8) is 0 Å². The predicted octanol–water partition coefficient (Wildman–Crippen LogP) is 1.83. The monoisotopic (exact) mass is 438 g/mol. The summed E-state index contributed by atoms with van der Waals surface area (Å²) >= 11 is 0. The molecule has 0 bridgehead atoms. The molecule has 0 aliphatic carbocycles. The second-order valence-corrected chi connectivity index (χ2v) is 4.89. The number of halogens is 1. The molecular formula is C15H31IN6O. The third-order valence-electron chi connectivity index (χ3n) is 3.17. The van der Waals surface area contributed by atoms with Gasteiger partial charge in [-0.25, -0.2) is 0 Å². The molecule has 0 amide bonds. The molecular weight excluding hydrogens is 407 g/mol. The summed E-state index contributed by atoms with van der Waals surface area (Å²) < 4.78 is 7.39. The maximum absolute atomic E-state index is 5.32. The van der Waals surface area contributed by atoms with E-state index in [1.165, 1.54) is 0 Å². The zero-order valence-corrected chi connectivity index (χ0v) is 16.9. The van der Waals surface area contributed by atoms with E-state index in [1.807, 2.05) is 6.92 Å². The first-order valence-electron chi connectivity index (χ1n) is 8.28. The van der Waals surface area contributed by atoms with Crippen molar-refractivity contribution >= 4 is 29.9 Å². The molecule has 1 aromatic rings. The van der Waals surface area contributed by atoms with Gasteiger partial charge in [0, 0.05) is 45.8 Å². The number of nitrogens with one attached hydrogen (secondary N) is 2. The van der Waals surface area contributed by atoms with Crippen LogP contribution in [0.1, 0.15) is 39.4 Å². The summed E-state index contributed by atoms with van der Waals surface area (Å²) in [5.41, 5.74) is 0. The molecule has 1 rings (SSSR count). The highest BCUT2D eigenvalue weighted by Gasteiger charge is 2.02. The van der Waals surface area contributed by atoms with Crippen molar-refractivity contribution in [3.05, 3.63) is 12.2 Å². The molecule has 7 nitrogen and oxygen atoms in total. The molecule has 0 fully saturated rings. The fourth-order valence-electron chi connectivity index (χ4n) is 2.03. The van der Waals surface area contributed by atoms with Crippen molar-refractivity contribution in [2.24, 2.45) is 4.99 Å². The minimum absolute atomic E-state index is 0. The van der Waals surface area contributed by atoms with Gasteiger partial charge in [0.2, 0.25) is 0 Å².